The van der Waals surface area contributed by atoms with Gasteiger partial charge in [0.05, 0.1) is 18.8 Å². The lowest BCUT2D eigenvalue weighted by molar-refractivity contribution is 0.0466. The van der Waals surface area contributed by atoms with Gasteiger partial charge in [-0.25, -0.2) is 0 Å². The van der Waals surface area contributed by atoms with Crippen LogP contribution in [0.15, 0.2) is 24.3 Å². The molecule has 1 aliphatic heterocycles. The predicted octanol–water partition coefficient (Wildman–Crippen LogP) is 1.45. The number of benzene rings is 1. The summed E-state index contributed by atoms with van der Waals surface area (Å²) in [5.74, 6) is 0. The molecule has 2 rings (SSSR count). The van der Waals surface area contributed by atoms with Crippen molar-refractivity contribution in [3.63, 3.8) is 0 Å². The zero-order chi connectivity index (χ0) is 13.8. The van der Waals surface area contributed by atoms with Crippen LogP contribution in [0.5, 0.6) is 0 Å². The van der Waals surface area contributed by atoms with Gasteiger partial charge in [-0.05, 0) is 24.1 Å². The van der Waals surface area contributed by atoms with Gasteiger partial charge in [-0.15, -0.1) is 0 Å². The number of aliphatic hydroxyl groups is 2. The maximum atomic E-state index is 9.68. The number of nitrogens with zero attached hydrogens (tertiary/aromatic N) is 1. The number of likely N-dealkylation sites (tertiary alicyclic amines) is 1. The highest BCUT2D eigenvalue weighted by Gasteiger charge is 2.32. The maximum absolute atomic E-state index is 9.68. The summed E-state index contributed by atoms with van der Waals surface area (Å²) in [6.45, 7) is 1.30. The second kappa shape index (κ2) is 6.68. The third kappa shape index (κ3) is 3.68. The van der Waals surface area contributed by atoms with Crippen molar-refractivity contribution < 1.29 is 14.9 Å². The summed E-state index contributed by atoms with van der Waals surface area (Å²) in [4.78, 5) is 2.08. The Bertz CT molecular complexity index is 398. The minimum Gasteiger partial charge on any atom is -0.395 e. The molecule has 0 aromatic heterocycles. The molecule has 0 radical (unpaired) electrons. The average molecular weight is 286 g/mol. The first-order chi connectivity index (χ1) is 9.13. The number of methoxy groups -OCH3 is 1. The van der Waals surface area contributed by atoms with Crippen LogP contribution >= 0.6 is 11.6 Å². The monoisotopic (exact) mass is 285 g/mol. The van der Waals surface area contributed by atoms with E-state index in [-0.39, 0.29) is 24.9 Å². The molecule has 5 heteroatoms. The lowest BCUT2D eigenvalue weighted by Crippen LogP contribution is -2.36. The van der Waals surface area contributed by atoms with Crippen LogP contribution in [0.1, 0.15) is 18.1 Å². The standard InChI is InChI=1S/C14H20ClNO3/c1-19-14(10-2-4-11(15)5-3-10)8-16-7-13(18)6-12(16)9-17/h2-5,12-14,17-18H,6-9H2,1H3. The van der Waals surface area contributed by atoms with Crippen molar-refractivity contribution in [2.45, 2.75) is 24.7 Å². The summed E-state index contributed by atoms with van der Waals surface area (Å²) in [5, 5.41) is 19.7. The maximum Gasteiger partial charge on any atom is 0.0948 e. The van der Waals surface area contributed by atoms with Crippen molar-refractivity contribution in [1.82, 2.24) is 4.90 Å². The second-order valence-electron chi connectivity index (χ2n) is 4.96. The van der Waals surface area contributed by atoms with Crippen molar-refractivity contribution in [3.8, 4) is 0 Å². The lowest BCUT2D eigenvalue weighted by atomic mass is 10.1. The van der Waals surface area contributed by atoms with Gasteiger partial charge >= 0.3 is 0 Å². The molecular formula is C14H20ClNO3. The van der Waals surface area contributed by atoms with Gasteiger partial charge in [-0.3, -0.25) is 4.90 Å². The van der Waals surface area contributed by atoms with Crippen molar-refractivity contribution in [3.05, 3.63) is 34.9 Å². The Morgan fingerprint density at radius 3 is 2.68 bits per heavy atom. The molecule has 0 aliphatic carbocycles. The van der Waals surface area contributed by atoms with Gasteiger partial charge in [0, 0.05) is 31.3 Å². The molecule has 19 heavy (non-hydrogen) atoms. The molecular weight excluding hydrogens is 266 g/mol. The third-order valence-corrected chi connectivity index (χ3v) is 3.90. The van der Waals surface area contributed by atoms with E-state index in [4.69, 9.17) is 16.3 Å². The van der Waals surface area contributed by atoms with Gasteiger partial charge in [0.1, 0.15) is 0 Å². The first-order valence-electron chi connectivity index (χ1n) is 6.45. The predicted molar refractivity (Wildman–Crippen MR) is 74.3 cm³/mol. The van der Waals surface area contributed by atoms with Crippen LogP contribution in [0.2, 0.25) is 5.02 Å². The number of aliphatic hydroxyl groups excluding tert-OH is 2. The summed E-state index contributed by atoms with van der Waals surface area (Å²) < 4.78 is 5.52. The van der Waals surface area contributed by atoms with Gasteiger partial charge in [0.2, 0.25) is 0 Å². The Morgan fingerprint density at radius 1 is 1.42 bits per heavy atom. The number of hydrogen-bond donors (Lipinski definition) is 2. The summed E-state index contributed by atoms with van der Waals surface area (Å²) in [5.41, 5.74) is 1.05. The Hall–Kier alpha value is -0.650. The van der Waals surface area contributed by atoms with Crippen LogP contribution in [0.25, 0.3) is 0 Å². The number of halogens is 1. The normalized spacial score (nSPS) is 25.7. The minimum absolute atomic E-state index is 0.0138. The van der Waals surface area contributed by atoms with Crippen LogP contribution in [-0.2, 0) is 4.74 Å². The highest BCUT2D eigenvalue weighted by atomic mass is 35.5. The number of rotatable bonds is 5. The van der Waals surface area contributed by atoms with E-state index < -0.39 is 0 Å². The van der Waals surface area contributed by atoms with Crippen molar-refractivity contribution in [1.29, 1.82) is 0 Å². The van der Waals surface area contributed by atoms with E-state index in [0.717, 1.165) is 5.56 Å². The van der Waals surface area contributed by atoms with Crippen LogP contribution in [0.3, 0.4) is 0 Å². The molecule has 1 aromatic rings. The first kappa shape index (κ1) is 14.8. The molecule has 1 saturated heterocycles. The summed E-state index contributed by atoms with van der Waals surface area (Å²) in [6, 6.07) is 7.57. The number of hydrogen-bond acceptors (Lipinski definition) is 4. The fourth-order valence-corrected chi connectivity index (χ4v) is 2.70. The molecule has 2 N–H and O–H groups in total. The molecule has 1 aliphatic rings. The van der Waals surface area contributed by atoms with Gasteiger partial charge in [0.25, 0.3) is 0 Å². The first-order valence-corrected chi connectivity index (χ1v) is 6.83. The molecule has 1 fully saturated rings. The minimum atomic E-state index is -0.361. The summed E-state index contributed by atoms with van der Waals surface area (Å²) >= 11 is 5.88. The molecule has 106 valence electrons. The van der Waals surface area contributed by atoms with E-state index in [0.29, 0.717) is 24.5 Å². The van der Waals surface area contributed by atoms with Crippen molar-refractivity contribution >= 4 is 11.6 Å². The Kier molecular flexibility index (Phi) is 5.19. The molecule has 1 heterocycles. The SMILES string of the molecule is COC(CN1CC(O)CC1CO)c1ccc(Cl)cc1. The molecule has 0 bridgehead atoms. The van der Waals surface area contributed by atoms with Crippen LogP contribution in [0, 0.1) is 0 Å². The summed E-state index contributed by atoms with van der Waals surface area (Å²) in [7, 11) is 1.67. The smallest absolute Gasteiger partial charge is 0.0948 e. The summed E-state index contributed by atoms with van der Waals surface area (Å²) in [6.07, 6.45) is 0.171. The fraction of sp³-hybridized carbons (Fsp3) is 0.571. The van der Waals surface area contributed by atoms with Gasteiger partial charge in [-0.1, -0.05) is 23.7 Å². The molecule has 0 amide bonds. The highest BCUT2D eigenvalue weighted by molar-refractivity contribution is 6.30. The van der Waals surface area contributed by atoms with E-state index in [1.165, 1.54) is 0 Å². The van der Waals surface area contributed by atoms with E-state index in [9.17, 15) is 10.2 Å². The molecule has 4 nitrogen and oxygen atoms in total. The number of ether oxygens (including phenoxy) is 1. The van der Waals surface area contributed by atoms with Crippen molar-refractivity contribution in [2.24, 2.45) is 0 Å². The Morgan fingerprint density at radius 2 is 2.11 bits per heavy atom. The Balaban J connectivity index is 2.04. The third-order valence-electron chi connectivity index (χ3n) is 3.64. The lowest BCUT2D eigenvalue weighted by Gasteiger charge is -2.27. The zero-order valence-corrected chi connectivity index (χ0v) is 11.8. The van der Waals surface area contributed by atoms with E-state index in [1.807, 2.05) is 24.3 Å². The molecule has 3 atom stereocenters. The fourth-order valence-electron chi connectivity index (χ4n) is 2.58. The van der Waals surface area contributed by atoms with E-state index in [1.54, 1.807) is 7.11 Å². The topological polar surface area (TPSA) is 52.9 Å². The van der Waals surface area contributed by atoms with Crippen molar-refractivity contribution in [2.75, 3.05) is 26.8 Å². The highest BCUT2D eigenvalue weighted by Crippen LogP contribution is 2.25. The Labute approximate surface area is 118 Å². The second-order valence-corrected chi connectivity index (χ2v) is 5.39. The molecule has 0 spiro atoms. The van der Waals surface area contributed by atoms with E-state index >= 15 is 0 Å². The quantitative estimate of drug-likeness (QED) is 0.860. The molecule has 3 unspecified atom stereocenters. The largest absolute Gasteiger partial charge is 0.395 e. The van der Waals surface area contributed by atoms with Crippen LogP contribution in [-0.4, -0.2) is 54.1 Å². The van der Waals surface area contributed by atoms with Gasteiger partial charge in [0.15, 0.2) is 0 Å². The van der Waals surface area contributed by atoms with Crippen LogP contribution in [0.4, 0.5) is 0 Å². The zero-order valence-electron chi connectivity index (χ0n) is 11.0. The average Bonchev–Trinajstić information content (AvgIpc) is 2.77. The van der Waals surface area contributed by atoms with Gasteiger partial charge in [-0.2, -0.15) is 0 Å². The van der Waals surface area contributed by atoms with Crippen LogP contribution < -0.4 is 0 Å². The van der Waals surface area contributed by atoms with Gasteiger partial charge < -0.3 is 14.9 Å². The molecule has 0 saturated carbocycles. The number of β-amino-alcohol motifs (C(OH)–C–C–N with tert-alkyl or cyclic N) is 1. The van der Waals surface area contributed by atoms with E-state index in [2.05, 4.69) is 4.90 Å². The molecule has 1 aromatic carbocycles.